The van der Waals surface area contributed by atoms with E-state index in [1.807, 2.05) is 12.1 Å². The number of methoxy groups -OCH3 is 1. The van der Waals surface area contributed by atoms with E-state index in [2.05, 4.69) is 5.32 Å². The van der Waals surface area contributed by atoms with Gasteiger partial charge in [0, 0.05) is 32.2 Å². The number of hydrogen-bond donors (Lipinski definition) is 2. The summed E-state index contributed by atoms with van der Waals surface area (Å²) in [5.41, 5.74) is 1.84. The van der Waals surface area contributed by atoms with Crippen LogP contribution >= 0.6 is 0 Å². The minimum absolute atomic E-state index is 0.0177. The molecule has 0 atom stereocenters. The minimum atomic E-state index is -1.05. The van der Waals surface area contributed by atoms with Crippen molar-refractivity contribution in [3.63, 3.8) is 0 Å². The maximum Gasteiger partial charge on any atom is 0.323 e. The summed E-state index contributed by atoms with van der Waals surface area (Å²) in [6, 6.07) is 5.49. The molecule has 1 aromatic rings. The predicted octanol–water partition coefficient (Wildman–Crippen LogP) is 1.29. The van der Waals surface area contributed by atoms with Gasteiger partial charge in [0.2, 0.25) is 11.8 Å². The van der Waals surface area contributed by atoms with Crippen molar-refractivity contribution in [2.45, 2.75) is 25.7 Å². The number of fused-ring (bicyclic) bond motifs is 1. The van der Waals surface area contributed by atoms with Crippen LogP contribution in [-0.4, -0.2) is 61.2 Å². The first kappa shape index (κ1) is 19.7. The van der Waals surface area contributed by atoms with Crippen LogP contribution in [0.1, 0.15) is 24.8 Å². The number of carboxylic acid groups (broad SMARTS) is 1. The van der Waals surface area contributed by atoms with Crippen LogP contribution in [0.2, 0.25) is 0 Å². The van der Waals surface area contributed by atoms with E-state index in [1.54, 1.807) is 6.07 Å². The number of carbonyl (C=O) groups excluding carboxylic acids is 2. The number of carbonyl (C=O) groups is 3. The highest BCUT2D eigenvalue weighted by molar-refractivity contribution is 5.94. The molecule has 2 rings (SSSR count). The third-order valence-electron chi connectivity index (χ3n) is 4.02. The molecule has 0 bridgehead atoms. The molecule has 8 heteroatoms. The van der Waals surface area contributed by atoms with Gasteiger partial charge in [0.15, 0.2) is 0 Å². The van der Waals surface area contributed by atoms with E-state index >= 15 is 0 Å². The highest BCUT2D eigenvalue weighted by Crippen LogP contribution is 2.26. The second kappa shape index (κ2) is 9.76. The van der Waals surface area contributed by atoms with Crippen molar-refractivity contribution in [3.05, 3.63) is 23.8 Å². The molecular formula is C18H24N2O6. The fraction of sp³-hybridized carbons (Fsp3) is 0.500. The van der Waals surface area contributed by atoms with Crippen molar-refractivity contribution in [2.24, 2.45) is 0 Å². The fourth-order valence-electron chi connectivity index (χ4n) is 2.68. The van der Waals surface area contributed by atoms with Crippen LogP contribution in [0.3, 0.4) is 0 Å². The molecule has 1 heterocycles. The van der Waals surface area contributed by atoms with Crippen LogP contribution in [-0.2, 0) is 25.5 Å². The Labute approximate surface area is 152 Å². The molecule has 142 valence electrons. The Morgan fingerprint density at radius 3 is 2.81 bits per heavy atom. The van der Waals surface area contributed by atoms with Gasteiger partial charge in [0.25, 0.3) is 0 Å². The molecule has 0 radical (unpaired) electrons. The molecule has 0 aliphatic carbocycles. The molecule has 0 spiro atoms. The number of aliphatic carboxylic acids is 1. The Morgan fingerprint density at radius 1 is 1.27 bits per heavy atom. The van der Waals surface area contributed by atoms with Gasteiger partial charge < -0.3 is 24.8 Å². The number of hydrogen-bond acceptors (Lipinski definition) is 5. The van der Waals surface area contributed by atoms with Crippen LogP contribution in [0.15, 0.2) is 18.2 Å². The lowest BCUT2D eigenvalue weighted by molar-refractivity contribution is -0.145. The van der Waals surface area contributed by atoms with E-state index in [4.69, 9.17) is 14.6 Å². The van der Waals surface area contributed by atoms with Crippen LogP contribution in [0.25, 0.3) is 0 Å². The molecule has 0 aromatic heterocycles. The first-order valence-corrected chi connectivity index (χ1v) is 8.53. The molecule has 8 nitrogen and oxygen atoms in total. The number of nitrogens with one attached hydrogen (secondary N) is 1. The first-order valence-electron chi connectivity index (χ1n) is 8.53. The standard InChI is InChI=1S/C18H24N2O6/c1-25-10-8-20(12-18(23)24)17(22)3-2-9-26-14-5-6-15-13(11-14)4-7-16(21)19-15/h5-6,11H,2-4,7-10,12H2,1H3,(H,19,21)(H,23,24). The average Bonchev–Trinajstić information content (AvgIpc) is 2.61. The van der Waals surface area contributed by atoms with Gasteiger partial charge in [0.05, 0.1) is 13.2 Å². The van der Waals surface area contributed by atoms with Gasteiger partial charge in [-0.05, 0) is 36.6 Å². The summed E-state index contributed by atoms with van der Waals surface area (Å²) < 4.78 is 10.6. The maximum atomic E-state index is 12.1. The summed E-state index contributed by atoms with van der Waals surface area (Å²) in [5.74, 6) is -0.578. The van der Waals surface area contributed by atoms with E-state index in [1.165, 1.54) is 12.0 Å². The highest BCUT2D eigenvalue weighted by atomic mass is 16.5. The Bertz CT molecular complexity index is 661. The second-order valence-corrected chi connectivity index (χ2v) is 6.02. The molecule has 1 aliphatic heterocycles. The summed E-state index contributed by atoms with van der Waals surface area (Å²) in [7, 11) is 1.50. The zero-order valence-electron chi connectivity index (χ0n) is 14.8. The van der Waals surface area contributed by atoms with Gasteiger partial charge in [-0.25, -0.2) is 0 Å². The topological polar surface area (TPSA) is 105 Å². The van der Waals surface area contributed by atoms with Crippen molar-refractivity contribution in [3.8, 4) is 5.75 Å². The van der Waals surface area contributed by atoms with Gasteiger partial charge in [-0.2, -0.15) is 0 Å². The summed E-state index contributed by atoms with van der Waals surface area (Å²) in [5, 5.41) is 11.7. The van der Waals surface area contributed by atoms with Crippen molar-refractivity contribution >= 4 is 23.5 Å². The normalized spacial score (nSPS) is 12.9. The quantitative estimate of drug-likeness (QED) is 0.606. The van der Waals surface area contributed by atoms with Gasteiger partial charge in [-0.1, -0.05) is 0 Å². The lowest BCUT2D eigenvalue weighted by Crippen LogP contribution is -2.38. The van der Waals surface area contributed by atoms with Crippen LogP contribution in [0, 0.1) is 0 Å². The number of ether oxygens (including phenoxy) is 2. The van der Waals surface area contributed by atoms with Crippen LogP contribution in [0.4, 0.5) is 5.69 Å². The van der Waals surface area contributed by atoms with Gasteiger partial charge in [-0.3, -0.25) is 14.4 Å². The molecule has 2 N–H and O–H groups in total. The molecule has 1 aliphatic rings. The van der Waals surface area contributed by atoms with Gasteiger partial charge in [-0.15, -0.1) is 0 Å². The maximum absolute atomic E-state index is 12.1. The number of anilines is 1. The third-order valence-corrected chi connectivity index (χ3v) is 4.02. The zero-order chi connectivity index (χ0) is 18.9. The van der Waals surface area contributed by atoms with Gasteiger partial charge >= 0.3 is 5.97 Å². The largest absolute Gasteiger partial charge is 0.494 e. The van der Waals surface area contributed by atoms with E-state index in [0.29, 0.717) is 38.2 Å². The lowest BCUT2D eigenvalue weighted by atomic mass is 10.0. The number of benzene rings is 1. The Hall–Kier alpha value is -2.61. The minimum Gasteiger partial charge on any atom is -0.494 e. The monoisotopic (exact) mass is 364 g/mol. The molecule has 0 unspecified atom stereocenters. The van der Waals surface area contributed by atoms with Crippen molar-refractivity contribution in [1.82, 2.24) is 4.90 Å². The molecule has 0 fully saturated rings. The molecule has 26 heavy (non-hydrogen) atoms. The number of carboxylic acids is 1. The van der Waals surface area contributed by atoms with Crippen LogP contribution < -0.4 is 10.1 Å². The van der Waals surface area contributed by atoms with E-state index in [9.17, 15) is 14.4 Å². The summed E-state index contributed by atoms with van der Waals surface area (Å²) in [4.78, 5) is 35.6. The van der Waals surface area contributed by atoms with E-state index in [-0.39, 0.29) is 31.3 Å². The smallest absolute Gasteiger partial charge is 0.323 e. The molecular weight excluding hydrogens is 340 g/mol. The molecule has 1 aromatic carbocycles. The van der Waals surface area contributed by atoms with Gasteiger partial charge in [0.1, 0.15) is 12.3 Å². The fourth-order valence-corrected chi connectivity index (χ4v) is 2.68. The summed E-state index contributed by atoms with van der Waals surface area (Å²) >= 11 is 0. The summed E-state index contributed by atoms with van der Waals surface area (Å²) in [6.45, 7) is 0.557. The molecule has 0 saturated heterocycles. The Balaban J connectivity index is 1.77. The average molecular weight is 364 g/mol. The molecule has 2 amide bonds. The Kier molecular flexibility index (Phi) is 7.40. The van der Waals surface area contributed by atoms with E-state index < -0.39 is 5.97 Å². The zero-order valence-corrected chi connectivity index (χ0v) is 14.8. The highest BCUT2D eigenvalue weighted by Gasteiger charge is 2.17. The van der Waals surface area contributed by atoms with E-state index in [0.717, 1.165) is 11.3 Å². The third kappa shape index (κ3) is 6.03. The lowest BCUT2D eigenvalue weighted by Gasteiger charge is -2.20. The Morgan fingerprint density at radius 2 is 2.08 bits per heavy atom. The summed E-state index contributed by atoms with van der Waals surface area (Å²) in [6.07, 6.45) is 1.83. The van der Waals surface area contributed by atoms with Crippen molar-refractivity contribution < 1.29 is 29.0 Å². The number of rotatable bonds is 10. The van der Waals surface area contributed by atoms with Crippen LogP contribution in [0.5, 0.6) is 5.75 Å². The number of nitrogens with zero attached hydrogens (tertiary/aromatic N) is 1. The predicted molar refractivity (Wildman–Crippen MR) is 94.2 cm³/mol. The SMILES string of the molecule is COCCN(CC(=O)O)C(=O)CCCOc1ccc2c(c1)CCC(=O)N2. The second-order valence-electron chi connectivity index (χ2n) is 6.02. The molecule has 0 saturated carbocycles. The number of aryl methyl sites for hydroxylation is 1. The first-order chi connectivity index (χ1) is 12.5. The number of amides is 2. The van der Waals surface area contributed by atoms with Crippen molar-refractivity contribution in [1.29, 1.82) is 0 Å². The van der Waals surface area contributed by atoms with Crippen molar-refractivity contribution in [2.75, 3.05) is 38.7 Å².